The van der Waals surface area contributed by atoms with Gasteiger partial charge in [0.2, 0.25) is 0 Å². The molecule has 10 rings (SSSR count). The third-order valence-electron chi connectivity index (χ3n) is 13.5. The highest BCUT2D eigenvalue weighted by Gasteiger charge is 2.35. The summed E-state index contributed by atoms with van der Waals surface area (Å²) in [4.78, 5) is 16.6. The third-order valence-corrected chi connectivity index (χ3v) is 14.8. The monoisotopic (exact) mass is 982 g/mol. The van der Waals surface area contributed by atoms with E-state index in [9.17, 15) is 13.5 Å². The van der Waals surface area contributed by atoms with Crippen LogP contribution in [-0.4, -0.2) is 90.5 Å². The molecule has 6 heterocycles. The molecule has 14 heteroatoms. The van der Waals surface area contributed by atoms with E-state index in [0.717, 1.165) is 84.4 Å². The normalized spacial score (nSPS) is 16.4. The molecule has 5 aromatic rings. The zero-order valence-electron chi connectivity index (χ0n) is 41.0. The molecule has 0 spiro atoms. The van der Waals surface area contributed by atoms with Crippen molar-refractivity contribution in [3.63, 3.8) is 0 Å². The topological polar surface area (TPSA) is 143 Å². The van der Waals surface area contributed by atoms with E-state index in [4.69, 9.17) is 28.4 Å². The van der Waals surface area contributed by atoms with E-state index in [1.54, 1.807) is 31.4 Å². The molecule has 1 fully saturated rings. The summed E-state index contributed by atoms with van der Waals surface area (Å²) in [6, 6.07) is 43.2. The average molecular weight is 983 g/mol. The van der Waals surface area contributed by atoms with Crippen molar-refractivity contribution in [2.24, 2.45) is 5.92 Å². The molecule has 368 valence electrons. The van der Waals surface area contributed by atoms with Crippen LogP contribution in [0.4, 0.5) is 5.82 Å². The zero-order chi connectivity index (χ0) is 49.9. The number of anilines is 1. The van der Waals surface area contributed by atoms with Gasteiger partial charge in [-0.15, -0.1) is 0 Å². The van der Waals surface area contributed by atoms with Gasteiger partial charge in [0.25, 0.3) is 10.1 Å². The van der Waals surface area contributed by atoms with Crippen LogP contribution in [0.1, 0.15) is 31.4 Å². The molecule has 5 atom stereocenters. The molecular weight excluding hydrogens is 925 g/mol. The van der Waals surface area contributed by atoms with Gasteiger partial charge in [0.1, 0.15) is 17.7 Å². The molecule has 0 aliphatic carbocycles. The lowest BCUT2D eigenvalue weighted by Crippen LogP contribution is -2.40. The van der Waals surface area contributed by atoms with Crippen LogP contribution < -0.4 is 9.64 Å². The number of rotatable bonds is 17. The Kier molecular flexibility index (Phi) is 14.0. The third kappa shape index (κ3) is 10.8. The number of pyridine rings is 3. The lowest BCUT2D eigenvalue weighted by atomic mass is 9.87. The minimum Gasteiger partial charge on any atom is -0.497 e. The van der Waals surface area contributed by atoms with Crippen molar-refractivity contribution >= 4 is 15.9 Å². The van der Waals surface area contributed by atoms with Crippen molar-refractivity contribution in [3.8, 4) is 73.0 Å². The summed E-state index contributed by atoms with van der Waals surface area (Å²) in [5.74, 6) is 1.67. The molecule has 5 aliphatic heterocycles. The Morgan fingerprint density at radius 3 is 1.90 bits per heavy atom. The summed E-state index contributed by atoms with van der Waals surface area (Å²) in [5, 5.41) is 11.4. The summed E-state index contributed by atoms with van der Waals surface area (Å²) in [6.07, 6.45) is 8.76. The lowest BCUT2D eigenvalue weighted by Gasteiger charge is -2.38. The quantitative estimate of drug-likeness (QED) is 0.0871. The summed E-state index contributed by atoms with van der Waals surface area (Å²) >= 11 is 0. The van der Waals surface area contributed by atoms with Gasteiger partial charge in [0.15, 0.2) is 6.29 Å². The number of aryl methyl sites for hydroxylation is 1. The van der Waals surface area contributed by atoms with Crippen LogP contribution >= 0.6 is 0 Å². The van der Waals surface area contributed by atoms with Crippen LogP contribution in [0.25, 0.3) is 67.3 Å². The van der Waals surface area contributed by atoms with Crippen LogP contribution in [0.2, 0.25) is 0 Å². The van der Waals surface area contributed by atoms with E-state index >= 15 is 0 Å². The van der Waals surface area contributed by atoms with E-state index in [2.05, 4.69) is 76.3 Å². The minimum atomic E-state index is -4.11. The fourth-order valence-electron chi connectivity index (χ4n) is 9.56. The van der Waals surface area contributed by atoms with Crippen molar-refractivity contribution < 1.29 is 31.9 Å². The van der Waals surface area contributed by atoms with E-state index in [1.165, 1.54) is 0 Å². The van der Waals surface area contributed by atoms with Gasteiger partial charge in [-0.05, 0) is 104 Å². The molecule has 0 saturated carbocycles. The highest BCUT2D eigenvalue weighted by molar-refractivity contribution is 7.86. The second-order valence-corrected chi connectivity index (χ2v) is 20.4. The Balaban J connectivity index is 0.854. The Labute approximate surface area is 421 Å². The first kappa shape index (κ1) is 48.4. The van der Waals surface area contributed by atoms with Crippen molar-refractivity contribution in [1.82, 2.24) is 24.1 Å². The Morgan fingerprint density at radius 1 is 0.722 bits per heavy atom. The molecule has 0 amide bonds. The van der Waals surface area contributed by atoms with E-state index < -0.39 is 28.6 Å². The predicted molar refractivity (Wildman–Crippen MR) is 280 cm³/mol. The number of aromatic nitrogens is 5. The summed E-state index contributed by atoms with van der Waals surface area (Å²) in [5.41, 5.74) is 12.5. The Hall–Kier alpha value is -7.20. The first-order valence-corrected chi connectivity index (χ1v) is 25.6. The maximum absolute atomic E-state index is 13.5. The smallest absolute Gasteiger partial charge is 0.297 e. The second-order valence-electron chi connectivity index (χ2n) is 18.8. The van der Waals surface area contributed by atoms with Gasteiger partial charge in [-0.25, -0.2) is 15.0 Å². The number of methoxy groups -OCH3 is 1. The first-order valence-electron chi connectivity index (χ1n) is 24.2. The highest BCUT2D eigenvalue weighted by Crippen LogP contribution is 2.38. The summed E-state index contributed by atoms with van der Waals surface area (Å²) in [7, 11) is 1.50. The number of hydrogen-bond donors (Lipinski definition) is 1. The summed E-state index contributed by atoms with van der Waals surface area (Å²) in [6.45, 7) is 4.09. The molecule has 1 aromatic heterocycles. The van der Waals surface area contributed by atoms with Gasteiger partial charge >= 0.3 is 0 Å². The fraction of sp³-hybridized carbons (Fsp3) is 0.259. The van der Waals surface area contributed by atoms with Gasteiger partial charge in [-0.2, -0.15) is 8.42 Å². The van der Waals surface area contributed by atoms with Gasteiger partial charge in [-0.3, -0.25) is 4.18 Å². The Bertz CT molecular complexity index is 3280. The van der Waals surface area contributed by atoms with E-state index in [0.29, 0.717) is 19.4 Å². The van der Waals surface area contributed by atoms with Gasteiger partial charge in [-0.1, -0.05) is 78.4 Å². The highest BCUT2D eigenvalue weighted by atomic mass is 32.2. The summed E-state index contributed by atoms with van der Waals surface area (Å²) < 4.78 is 55.0. The standard InChI is InChI=1S/C58H58N6O7S/c1-38-6-21-51(22-7-38)72(66,67)70-37-50(34-63-27-24-45-30-52(60-54(45)35-63)43-12-8-40(9-13-43)41-16-19-49(68-5)20-17-41)71-57-32-47(26-29-69-57)58(39(2)65)64-28-25-46-31-53(61-55(46)36-64)44-14-10-42(11-15-44)48-18-23-56(59-33-48)62(3)4/h6-25,27-28,30-31,33,35-36,39,47,50,57-58,65H,26,29,32,34,37H2,1-5H3/t39-,47?,50?,57?,58?/m1/s1. The molecular formula is C58H58N6O7S. The predicted octanol–water partition coefficient (Wildman–Crippen LogP) is 10.9. The van der Waals surface area contributed by atoms with Crippen LogP contribution in [0.15, 0.2) is 169 Å². The average Bonchev–Trinajstić information content (AvgIpc) is 4.03. The number of nitrogens with zero attached hydrogens (tertiary/aromatic N) is 6. The lowest BCUT2D eigenvalue weighted by molar-refractivity contribution is -0.210. The molecule has 4 aromatic carbocycles. The van der Waals surface area contributed by atoms with Crippen LogP contribution in [0.5, 0.6) is 5.75 Å². The molecule has 0 bridgehead atoms. The molecule has 0 radical (unpaired) electrons. The van der Waals surface area contributed by atoms with Crippen LogP contribution in [-0.2, 0) is 30.3 Å². The number of fused-ring (bicyclic) bond motifs is 2. The van der Waals surface area contributed by atoms with E-state index in [-0.39, 0.29) is 30.0 Å². The van der Waals surface area contributed by atoms with Crippen molar-refractivity contribution in [1.29, 1.82) is 0 Å². The molecule has 1 saturated heterocycles. The minimum absolute atomic E-state index is 0.0477. The van der Waals surface area contributed by atoms with Crippen molar-refractivity contribution in [2.75, 3.05) is 39.3 Å². The van der Waals surface area contributed by atoms with Gasteiger partial charge < -0.3 is 33.4 Å². The SMILES string of the molecule is COc1ccc(-c2ccc(-c3cc4ccn(CC(COS(=O)(=O)c5ccc(C)cc5)OC5CC(C([C@@H](C)O)n6ccc7cc(-c8ccc(-c9ccc(N(C)C)nc9)cc8)nc-7c6)CCO5)cc-4n3)cc2)cc1. The van der Waals surface area contributed by atoms with Crippen LogP contribution in [0.3, 0.4) is 0 Å². The molecule has 1 N–H and O–H groups in total. The Morgan fingerprint density at radius 2 is 1.31 bits per heavy atom. The molecule has 72 heavy (non-hydrogen) atoms. The van der Waals surface area contributed by atoms with Crippen molar-refractivity contribution in [2.45, 2.75) is 62.7 Å². The van der Waals surface area contributed by atoms with Gasteiger partial charge in [0.05, 0.1) is 66.7 Å². The number of aliphatic hydroxyl groups is 1. The molecule has 4 unspecified atom stereocenters. The first-order chi connectivity index (χ1) is 34.8. The second kappa shape index (κ2) is 20.9. The maximum atomic E-state index is 13.5. The zero-order valence-corrected chi connectivity index (χ0v) is 41.8. The number of aliphatic hydroxyl groups excluding tert-OH is 1. The maximum Gasteiger partial charge on any atom is 0.297 e. The van der Waals surface area contributed by atoms with E-state index in [1.807, 2.05) is 111 Å². The fourth-order valence-corrected chi connectivity index (χ4v) is 10.5. The van der Waals surface area contributed by atoms with Crippen molar-refractivity contribution in [3.05, 3.63) is 170 Å². The molecule has 5 aliphatic rings. The number of benzene rings is 4. The number of hydrogen-bond acceptors (Lipinski definition) is 11. The van der Waals surface area contributed by atoms with Crippen LogP contribution in [0, 0.1) is 12.8 Å². The largest absolute Gasteiger partial charge is 0.497 e. The van der Waals surface area contributed by atoms with Gasteiger partial charge in [0, 0.05) is 79.3 Å². The molecule has 13 nitrogen and oxygen atoms in total. The number of ether oxygens (including phenoxy) is 3.